The van der Waals surface area contributed by atoms with E-state index in [4.69, 9.17) is 20.6 Å². The van der Waals surface area contributed by atoms with E-state index in [-0.39, 0.29) is 23.8 Å². The van der Waals surface area contributed by atoms with Gasteiger partial charge in [-0.25, -0.2) is 0 Å². The predicted octanol–water partition coefficient (Wildman–Crippen LogP) is 4.77. The largest absolute Gasteiger partial charge is 0.493 e. The van der Waals surface area contributed by atoms with Crippen LogP contribution in [0.25, 0.3) is 0 Å². The average molecular weight is 442 g/mol. The molecule has 1 aliphatic heterocycles. The van der Waals surface area contributed by atoms with E-state index in [1.54, 1.807) is 13.2 Å². The minimum atomic E-state index is -0.379. The highest BCUT2D eigenvalue weighted by Crippen LogP contribution is 2.53. The molecule has 5 rings (SSSR count). The molecule has 3 unspecified atom stereocenters. The Bertz CT molecular complexity index is 1250. The number of rotatable bonds is 4. The maximum Gasteiger partial charge on any atom is 0.308 e. The molecule has 0 saturated carbocycles. The number of amidine groups is 1. The van der Waals surface area contributed by atoms with E-state index in [1.165, 1.54) is 23.6 Å². The predicted molar refractivity (Wildman–Crippen MR) is 128 cm³/mol. The number of hydrogen-bond acceptors (Lipinski definition) is 5. The minimum absolute atomic E-state index is 0.0549. The fourth-order valence-corrected chi connectivity index (χ4v) is 5.38. The second kappa shape index (κ2) is 8.28. The maximum atomic E-state index is 11.5. The third-order valence-electron chi connectivity index (χ3n) is 6.80. The molecular formula is C27H27N3O3. The molecule has 33 heavy (non-hydrogen) atoms. The highest BCUT2D eigenvalue weighted by atomic mass is 16.6. The Labute approximate surface area is 193 Å². The Hall–Kier alpha value is -3.80. The Morgan fingerprint density at radius 2 is 1.88 bits per heavy atom. The summed E-state index contributed by atoms with van der Waals surface area (Å²) in [5, 5.41) is 11.7. The van der Waals surface area contributed by atoms with Gasteiger partial charge in [-0.2, -0.15) is 0 Å². The lowest BCUT2D eigenvalue weighted by molar-refractivity contribution is -0.132. The van der Waals surface area contributed by atoms with Crippen molar-refractivity contribution in [3.63, 3.8) is 0 Å². The number of benzene rings is 3. The van der Waals surface area contributed by atoms with Crippen LogP contribution in [0.2, 0.25) is 0 Å². The molecule has 6 nitrogen and oxygen atoms in total. The van der Waals surface area contributed by atoms with E-state index in [0.717, 1.165) is 29.7 Å². The summed E-state index contributed by atoms with van der Waals surface area (Å²) in [4.78, 5) is 11.5. The van der Waals surface area contributed by atoms with E-state index in [9.17, 15) is 4.79 Å². The van der Waals surface area contributed by atoms with Crippen molar-refractivity contribution in [1.82, 2.24) is 0 Å². The zero-order valence-electron chi connectivity index (χ0n) is 18.7. The Balaban J connectivity index is 1.63. The molecule has 4 N–H and O–H groups in total. The van der Waals surface area contributed by atoms with Gasteiger partial charge < -0.3 is 20.5 Å². The van der Waals surface area contributed by atoms with E-state index in [0.29, 0.717) is 17.4 Å². The first-order valence-electron chi connectivity index (χ1n) is 11.2. The third-order valence-corrected chi connectivity index (χ3v) is 6.80. The fraction of sp³-hybridized carbons (Fsp3) is 0.259. The number of nitrogens with one attached hydrogen (secondary N) is 2. The number of methoxy groups -OCH3 is 1. The van der Waals surface area contributed by atoms with Crippen molar-refractivity contribution >= 4 is 17.5 Å². The molecule has 3 atom stereocenters. The molecule has 168 valence electrons. The number of carbonyl (C=O) groups is 1. The smallest absolute Gasteiger partial charge is 0.308 e. The molecular weight excluding hydrogens is 414 g/mol. The lowest BCUT2D eigenvalue weighted by Crippen LogP contribution is -2.35. The zero-order valence-corrected chi connectivity index (χ0v) is 18.7. The Morgan fingerprint density at radius 3 is 2.64 bits per heavy atom. The first-order valence-corrected chi connectivity index (χ1v) is 11.2. The van der Waals surface area contributed by atoms with Gasteiger partial charge in [0, 0.05) is 24.1 Å². The summed E-state index contributed by atoms with van der Waals surface area (Å²) in [5.41, 5.74) is 12.6. The molecule has 2 aliphatic rings. The van der Waals surface area contributed by atoms with Crippen LogP contribution in [0.15, 0.2) is 60.7 Å². The molecule has 3 aromatic rings. The van der Waals surface area contributed by atoms with Crippen molar-refractivity contribution in [3.05, 3.63) is 88.5 Å². The van der Waals surface area contributed by atoms with Crippen LogP contribution in [0.4, 0.5) is 5.69 Å². The summed E-state index contributed by atoms with van der Waals surface area (Å²) < 4.78 is 10.8. The van der Waals surface area contributed by atoms with Gasteiger partial charge in [-0.15, -0.1) is 0 Å². The van der Waals surface area contributed by atoms with Crippen molar-refractivity contribution in [3.8, 4) is 11.5 Å². The first kappa shape index (κ1) is 21.1. The number of ether oxygens (including phenoxy) is 2. The highest BCUT2D eigenvalue weighted by Gasteiger charge is 2.41. The van der Waals surface area contributed by atoms with Crippen LogP contribution < -0.4 is 20.5 Å². The summed E-state index contributed by atoms with van der Waals surface area (Å²) in [6.07, 6.45) is 2.04. The van der Waals surface area contributed by atoms with Crippen LogP contribution >= 0.6 is 0 Å². The summed E-state index contributed by atoms with van der Waals surface area (Å²) in [6.45, 7) is 1.38. The van der Waals surface area contributed by atoms with E-state index < -0.39 is 0 Å². The zero-order chi connectivity index (χ0) is 23.1. The van der Waals surface area contributed by atoms with Gasteiger partial charge in [0.15, 0.2) is 11.5 Å². The van der Waals surface area contributed by atoms with Crippen LogP contribution in [0.1, 0.15) is 53.1 Å². The van der Waals surface area contributed by atoms with Crippen LogP contribution in [0.5, 0.6) is 11.5 Å². The standard InChI is InChI=1S/C27H27N3O3/c1-15(31)33-23-12-9-17(14-24(23)32-2)26-20-10-7-16-5-3-4-6-19(16)25(20)21-13-18(27(28)29)8-11-22(21)30-26/h3-6,8-9,11-14,20,25-26,30H,7,10H2,1-2H3,(H3,28,29). The average Bonchev–Trinajstić information content (AvgIpc) is 2.82. The van der Waals surface area contributed by atoms with E-state index in [1.807, 2.05) is 24.3 Å². The monoisotopic (exact) mass is 441 g/mol. The van der Waals surface area contributed by atoms with Gasteiger partial charge in [-0.3, -0.25) is 10.2 Å². The van der Waals surface area contributed by atoms with Crippen LogP contribution in [-0.2, 0) is 11.2 Å². The number of fused-ring (bicyclic) bond motifs is 5. The second-order valence-electron chi connectivity index (χ2n) is 8.72. The van der Waals surface area contributed by atoms with Crippen molar-refractivity contribution in [2.45, 2.75) is 31.7 Å². The number of nitrogens with two attached hydrogens (primary N) is 1. The second-order valence-corrected chi connectivity index (χ2v) is 8.72. The molecule has 0 amide bonds. The molecule has 1 aliphatic carbocycles. The normalized spacial score (nSPS) is 20.5. The molecule has 0 spiro atoms. The van der Waals surface area contributed by atoms with Gasteiger partial charge in [0.2, 0.25) is 0 Å². The van der Waals surface area contributed by atoms with Gasteiger partial charge in [-0.1, -0.05) is 30.3 Å². The number of hydrogen-bond donors (Lipinski definition) is 3. The van der Waals surface area contributed by atoms with Crippen LogP contribution in [-0.4, -0.2) is 18.9 Å². The van der Waals surface area contributed by atoms with Crippen molar-refractivity contribution in [1.29, 1.82) is 5.41 Å². The van der Waals surface area contributed by atoms with Gasteiger partial charge in [0.25, 0.3) is 0 Å². The number of aryl methyl sites for hydroxylation is 1. The van der Waals surface area contributed by atoms with E-state index >= 15 is 0 Å². The number of carbonyl (C=O) groups excluding carboxylic acids is 1. The molecule has 1 heterocycles. The van der Waals surface area contributed by atoms with Crippen molar-refractivity contribution in [2.75, 3.05) is 12.4 Å². The third kappa shape index (κ3) is 3.71. The van der Waals surface area contributed by atoms with Gasteiger partial charge >= 0.3 is 5.97 Å². The van der Waals surface area contributed by atoms with E-state index in [2.05, 4.69) is 35.6 Å². The number of esters is 1. The molecule has 3 aromatic carbocycles. The summed E-state index contributed by atoms with van der Waals surface area (Å²) in [5.74, 6) is 1.15. The van der Waals surface area contributed by atoms with Crippen LogP contribution in [0, 0.1) is 11.3 Å². The summed E-state index contributed by atoms with van der Waals surface area (Å²) >= 11 is 0. The fourth-order valence-electron chi connectivity index (χ4n) is 5.38. The molecule has 6 heteroatoms. The number of nitrogen functional groups attached to an aromatic ring is 1. The van der Waals surface area contributed by atoms with Crippen molar-refractivity contribution in [2.24, 2.45) is 11.7 Å². The minimum Gasteiger partial charge on any atom is -0.493 e. The molecule has 0 bridgehead atoms. The van der Waals surface area contributed by atoms with Gasteiger partial charge in [0.1, 0.15) is 5.84 Å². The molecule has 0 radical (unpaired) electrons. The van der Waals surface area contributed by atoms with Crippen LogP contribution in [0.3, 0.4) is 0 Å². The molecule has 0 aromatic heterocycles. The Kier molecular flexibility index (Phi) is 5.29. The quantitative estimate of drug-likeness (QED) is 0.235. The summed E-state index contributed by atoms with van der Waals surface area (Å²) in [6, 6.07) is 20.4. The first-order chi connectivity index (χ1) is 16.0. The highest BCUT2D eigenvalue weighted by molar-refractivity contribution is 5.95. The molecule has 0 saturated heterocycles. The van der Waals surface area contributed by atoms with Crippen molar-refractivity contribution < 1.29 is 14.3 Å². The Morgan fingerprint density at radius 1 is 1.06 bits per heavy atom. The summed E-state index contributed by atoms with van der Waals surface area (Å²) in [7, 11) is 1.58. The van der Waals surface area contributed by atoms with Gasteiger partial charge in [0.05, 0.1) is 13.2 Å². The topological polar surface area (TPSA) is 97.4 Å². The maximum absolute atomic E-state index is 11.5. The lowest BCUT2D eigenvalue weighted by atomic mass is 9.65. The van der Waals surface area contributed by atoms with Gasteiger partial charge in [-0.05, 0) is 71.3 Å². The SMILES string of the molecule is COc1cc(C2Nc3ccc(C(=N)N)cc3C3c4ccccc4CCC23)ccc1OC(C)=O. The molecule has 0 fully saturated rings. The number of anilines is 1. The lowest BCUT2D eigenvalue weighted by Gasteiger charge is -2.45.